The second-order valence-electron chi connectivity index (χ2n) is 2.92. The van der Waals surface area contributed by atoms with Gasteiger partial charge in [-0.05, 0) is 13.0 Å². The molecule has 1 aromatic carbocycles. The highest BCUT2D eigenvalue weighted by atomic mass is 16.6. The highest BCUT2D eigenvalue weighted by Crippen LogP contribution is 2.19. The molecular formula is C10H9NO4. The quantitative estimate of drug-likeness (QED) is 0.250. The van der Waals surface area contributed by atoms with Crippen molar-refractivity contribution in [3.8, 4) is 5.75 Å². The molecule has 0 amide bonds. The molecule has 78 valence electrons. The van der Waals surface area contributed by atoms with Crippen LogP contribution in [0.4, 0.5) is 5.69 Å². The Labute approximate surface area is 86.1 Å². The zero-order chi connectivity index (χ0) is 11.4. The van der Waals surface area contributed by atoms with E-state index in [1.165, 1.54) is 31.2 Å². The Morgan fingerprint density at radius 2 is 2.20 bits per heavy atom. The van der Waals surface area contributed by atoms with Crippen LogP contribution in [0.15, 0.2) is 36.4 Å². The fourth-order valence-corrected chi connectivity index (χ4v) is 0.855. The molecule has 0 saturated heterocycles. The summed E-state index contributed by atoms with van der Waals surface area (Å²) in [7, 11) is 0. The Hall–Kier alpha value is -2.17. The van der Waals surface area contributed by atoms with Gasteiger partial charge < -0.3 is 4.74 Å². The van der Waals surface area contributed by atoms with Crippen LogP contribution in [0.5, 0.6) is 5.75 Å². The van der Waals surface area contributed by atoms with Crippen molar-refractivity contribution in [2.75, 3.05) is 0 Å². The van der Waals surface area contributed by atoms with Crippen molar-refractivity contribution in [3.05, 3.63) is 46.5 Å². The lowest BCUT2D eigenvalue weighted by Crippen LogP contribution is -2.08. The Morgan fingerprint density at radius 3 is 2.73 bits per heavy atom. The standard InChI is InChI=1S/C10H9NO4/c1-7(2)10(12)15-9-5-3-4-8(6-9)11(13)14/h3-6H,1H2,2H3. The number of non-ortho nitro benzene ring substituents is 1. The minimum Gasteiger partial charge on any atom is -0.423 e. The average Bonchev–Trinajstić information content (AvgIpc) is 2.18. The van der Waals surface area contributed by atoms with Gasteiger partial charge in [-0.2, -0.15) is 0 Å². The molecule has 0 saturated carbocycles. The minimum atomic E-state index is -0.601. The molecule has 0 N–H and O–H groups in total. The van der Waals surface area contributed by atoms with Crippen LogP contribution < -0.4 is 4.74 Å². The lowest BCUT2D eigenvalue weighted by Gasteiger charge is -2.02. The van der Waals surface area contributed by atoms with Crippen LogP contribution in [0.3, 0.4) is 0 Å². The summed E-state index contributed by atoms with van der Waals surface area (Å²) in [5.74, 6) is -0.465. The number of benzene rings is 1. The fourth-order valence-electron chi connectivity index (χ4n) is 0.855. The van der Waals surface area contributed by atoms with Crippen molar-refractivity contribution >= 4 is 11.7 Å². The largest absolute Gasteiger partial charge is 0.423 e. The Balaban J connectivity index is 2.87. The molecule has 0 spiro atoms. The molecule has 0 atom stereocenters. The molecule has 5 heteroatoms. The van der Waals surface area contributed by atoms with Gasteiger partial charge in [0, 0.05) is 11.6 Å². The first-order chi connectivity index (χ1) is 7.00. The molecule has 0 fully saturated rings. The third-order valence-corrected chi connectivity index (χ3v) is 1.59. The molecule has 1 aromatic rings. The maximum Gasteiger partial charge on any atom is 0.338 e. The van der Waals surface area contributed by atoms with Crippen molar-refractivity contribution in [2.24, 2.45) is 0 Å². The summed E-state index contributed by atoms with van der Waals surface area (Å²) < 4.78 is 4.82. The number of nitrogens with zero attached hydrogens (tertiary/aromatic N) is 1. The second kappa shape index (κ2) is 4.36. The number of hydrogen-bond acceptors (Lipinski definition) is 4. The zero-order valence-corrected chi connectivity index (χ0v) is 8.10. The molecule has 0 aliphatic heterocycles. The van der Waals surface area contributed by atoms with Crippen LogP contribution in [-0.4, -0.2) is 10.9 Å². The molecule has 0 unspecified atom stereocenters. The molecule has 0 bridgehead atoms. The van der Waals surface area contributed by atoms with E-state index in [9.17, 15) is 14.9 Å². The average molecular weight is 207 g/mol. The summed E-state index contributed by atoms with van der Waals surface area (Å²) >= 11 is 0. The number of rotatable bonds is 3. The monoisotopic (exact) mass is 207 g/mol. The molecule has 0 aromatic heterocycles. The lowest BCUT2D eigenvalue weighted by atomic mass is 10.3. The summed E-state index contributed by atoms with van der Waals surface area (Å²) in [5.41, 5.74) is 0.114. The van der Waals surface area contributed by atoms with Crippen molar-refractivity contribution in [1.29, 1.82) is 0 Å². The van der Waals surface area contributed by atoms with Crippen LogP contribution >= 0.6 is 0 Å². The molecule has 0 radical (unpaired) electrons. The maximum atomic E-state index is 11.1. The van der Waals surface area contributed by atoms with E-state index in [-0.39, 0.29) is 17.0 Å². The van der Waals surface area contributed by atoms with E-state index in [2.05, 4.69) is 6.58 Å². The highest BCUT2D eigenvalue weighted by molar-refractivity contribution is 5.88. The molecule has 0 aliphatic carbocycles. The van der Waals surface area contributed by atoms with E-state index in [0.29, 0.717) is 0 Å². The van der Waals surface area contributed by atoms with Gasteiger partial charge >= 0.3 is 5.97 Å². The molecule has 0 aliphatic rings. The molecule has 0 heterocycles. The van der Waals surface area contributed by atoms with E-state index < -0.39 is 10.9 Å². The van der Waals surface area contributed by atoms with Crippen LogP contribution in [-0.2, 0) is 4.79 Å². The number of nitro benzene ring substituents is 1. The predicted octanol–water partition coefficient (Wildman–Crippen LogP) is 2.08. The summed E-state index contributed by atoms with van der Waals surface area (Å²) in [6.07, 6.45) is 0. The van der Waals surface area contributed by atoms with Crippen LogP contribution in [0.2, 0.25) is 0 Å². The van der Waals surface area contributed by atoms with Gasteiger partial charge in [0.25, 0.3) is 5.69 Å². The number of ether oxygens (including phenoxy) is 1. The molecule has 1 rings (SSSR count). The van der Waals surface area contributed by atoms with Crippen molar-refractivity contribution in [2.45, 2.75) is 6.92 Å². The number of nitro groups is 1. The second-order valence-corrected chi connectivity index (χ2v) is 2.92. The lowest BCUT2D eigenvalue weighted by molar-refractivity contribution is -0.384. The Kier molecular flexibility index (Phi) is 3.17. The topological polar surface area (TPSA) is 69.4 Å². The first kappa shape index (κ1) is 10.9. The third-order valence-electron chi connectivity index (χ3n) is 1.59. The highest BCUT2D eigenvalue weighted by Gasteiger charge is 2.09. The normalized spacial score (nSPS) is 9.40. The van der Waals surface area contributed by atoms with Gasteiger partial charge in [0.15, 0.2) is 0 Å². The van der Waals surface area contributed by atoms with Crippen molar-refractivity contribution in [3.63, 3.8) is 0 Å². The fraction of sp³-hybridized carbons (Fsp3) is 0.100. The van der Waals surface area contributed by atoms with Gasteiger partial charge in [0.05, 0.1) is 11.0 Å². The van der Waals surface area contributed by atoms with E-state index in [1.54, 1.807) is 0 Å². The van der Waals surface area contributed by atoms with E-state index in [4.69, 9.17) is 4.74 Å². The summed E-state index contributed by atoms with van der Waals surface area (Å²) in [6, 6.07) is 5.41. The first-order valence-electron chi connectivity index (χ1n) is 4.13. The SMILES string of the molecule is C=C(C)C(=O)Oc1cccc([N+](=O)[O-])c1. The molecule has 15 heavy (non-hydrogen) atoms. The van der Waals surface area contributed by atoms with E-state index >= 15 is 0 Å². The van der Waals surface area contributed by atoms with Gasteiger partial charge in [-0.3, -0.25) is 10.1 Å². The van der Waals surface area contributed by atoms with Gasteiger partial charge in [-0.1, -0.05) is 12.6 Å². The van der Waals surface area contributed by atoms with Crippen LogP contribution in [0.25, 0.3) is 0 Å². The van der Waals surface area contributed by atoms with Gasteiger partial charge in [0.1, 0.15) is 5.75 Å². The molecule has 5 nitrogen and oxygen atoms in total. The maximum absolute atomic E-state index is 11.1. The number of carbonyl (C=O) groups is 1. The van der Waals surface area contributed by atoms with Crippen LogP contribution in [0.1, 0.15) is 6.92 Å². The van der Waals surface area contributed by atoms with Gasteiger partial charge in [-0.25, -0.2) is 4.79 Å². The summed E-state index contributed by atoms with van der Waals surface area (Å²) in [4.78, 5) is 21.0. The number of esters is 1. The van der Waals surface area contributed by atoms with Crippen LogP contribution in [0, 0.1) is 10.1 Å². The first-order valence-corrected chi connectivity index (χ1v) is 4.13. The molecular weight excluding hydrogens is 198 g/mol. The van der Waals surface area contributed by atoms with Gasteiger partial charge in [-0.15, -0.1) is 0 Å². The Bertz CT molecular complexity index is 425. The Morgan fingerprint density at radius 1 is 1.53 bits per heavy atom. The summed E-state index contributed by atoms with van der Waals surface area (Å²) in [5, 5.41) is 10.4. The van der Waals surface area contributed by atoms with E-state index in [1.807, 2.05) is 0 Å². The number of carbonyl (C=O) groups excluding carboxylic acids is 1. The summed E-state index contributed by atoms with van der Waals surface area (Å²) in [6.45, 7) is 4.90. The van der Waals surface area contributed by atoms with Crippen molar-refractivity contribution < 1.29 is 14.5 Å². The zero-order valence-electron chi connectivity index (χ0n) is 8.10. The van der Waals surface area contributed by atoms with Crippen molar-refractivity contribution in [1.82, 2.24) is 0 Å². The smallest absolute Gasteiger partial charge is 0.338 e. The predicted molar refractivity (Wildman–Crippen MR) is 53.5 cm³/mol. The number of hydrogen-bond donors (Lipinski definition) is 0. The minimum absolute atomic E-state index is 0.123. The third kappa shape index (κ3) is 2.91. The van der Waals surface area contributed by atoms with E-state index in [0.717, 1.165) is 0 Å². The van der Waals surface area contributed by atoms with Gasteiger partial charge in [0.2, 0.25) is 0 Å².